The SMILES string of the molecule is C=CC(=O)Nc1ccc([C@H](C)NC(=O)OC(C)(C)C)cc1. The molecule has 1 rings (SSSR count). The van der Waals surface area contributed by atoms with Gasteiger partial charge in [-0.05, 0) is 51.5 Å². The van der Waals surface area contributed by atoms with Crippen LogP contribution in [0, 0.1) is 0 Å². The van der Waals surface area contributed by atoms with Crippen molar-refractivity contribution in [3.8, 4) is 0 Å². The maximum Gasteiger partial charge on any atom is 0.408 e. The van der Waals surface area contributed by atoms with Gasteiger partial charge < -0.3 is 15.4 Å². The molecule has 0 saturated carbocycles. The number of hydrogen-bond donors (Lipinski definition) is 2. The number of rotatable bonds is 4. The minimum Gasteiger partial charge on any atom is -0.444 e. The second-order valence-electron chi connectivity index (χ2n) is 5.68. The molecule has 114 valence electrons. The van der Waals surface area contributed by atoms with E-state index in [-0.39, 0.29) is 11.9 Å². The molecule has 1 atom stereocenters. The summed E-state index contributed by atoms with van der Waals surface area (Å²) in [5, 5.41) is 5.42. The summed E-state index contributed by atoms with van der Waals surface area (Å²) in [7, 11) is 0. The van der Waals surface area contributed by atoms with E-state index >= 15 is 0 Å². The molecule has 2 amide bonds. The first-order valence-corrected chi connectivity index (χ1v) is 6.74. The minimum absolute atomic E-state index is 0.191. The average molecular weight is 290 g/mol. The second-order valence-corrected chi connectivity index (χ2v) is 5.68. The van der Waals surface area contributed by atoms with Gasteiger partial charge in [0.2, 0.25) is 5.91 Å². The highest BCUT2D eigenvalue weighted by atomic mass is 16.6. The van der Waals surface area contributed by atoms with Gasteiger partial charge in [0, 0.05) is 5.69 Å². The summed E-state index contributed by atoms with van der Waals surface area (Å²) in [5.41, 5.74) is 1.06. The largest absolute Gasteiger partial charge is 0.444 e. The van der Waals surface area contributed by atoms with Crippen LogP contribution >= 0.6 is 0 Å². The Labute approximate surface area is 125 Å². The number of nitrogens with one attached hydrogen (secondary N) is 2. The molecule has 0 aliphatic carbocycles. The van der Waals surface area contributed by atoms with Crippen LogP contribution in [0.15, 0.2) is 36.9 Å². The van der Waals surface area contributed by atoms with Crippen molar-refractivity contribution in [1.82, 2.24) is 5.32 Å². The molecule has 21 heavy (non-hydrogen) atoms. The van der Waals surface area contributed by atoms with E-state index in [9.17, 15) is 9.59 Å². The molecular weight excluding hydrogens is 268 g/mol. The van der Waals surface area contributed by atoms with Crippen molar-refractivity contribution in [2.75, 3.05) is 5.32 Å². The van der Waals surface area contributed by atoms with Gasteiger partial charge in [0.15, 0.2) is 0 Å². The van der Waals surface area contributed by atoms with Crippen LogP contribution in [0.4, 0.5) is 10.5 Å². The van der Waals surface area contributed by atoms with E-state index in [0.29, 0.717) is 5.69 Å². The molecule has 1 aromatic carbocycles. The van der Waals surface area contributed by atoms with E-state index in [1.807, 2.05) is 39.8 Å². The van der Waals surface area contributed by atoms with E-state index < -0.39 is 11.7 Å². The third kappa shape index (κ3) is 6.12. The van der Waals surface area contributed by atoms with Gasteiger partial charge in [-0.3, -0.25) is 4.79 Å². The number of benzene rings is 1. The number of anilines is 1. The Morgan fingerprint density at radius 1 is 1.24 bits per heavy atom. The normalized spacial score (nSPS) is 12.2. The number of hydrogen-bond acceptors (Lipinski definition) is 3. The number of alkyl carbamates (subject to hydrolysis) is 1. The fourth-order valence-corrected chi connectivity index (χ4v) is 1.62. The van der Waals surface area contributed by atoms with Crippen LogP contribution in [0.5, 0.6) is 0 Å². The first kappa shape index (κ1) is 16.8. The van der Waals surface area contributed by atoms with Crippen molar-refractivity contribution < 1.29 is 14.3 Å². The van der Waals surface area contributed by atoms with Crippen molar-refractivity contribution in [3.05, 3.63) is 42.5 Å². The van der Waals surface area contributed by atoms with E-state index in [2.05, 4.69) is 17.2 Å². The Hall–Kier alpha value is -2.30. The second kappa shape index (κ2) is 6.92. The van der Waals surface area contributed by atoms with Gasteiger partial charge in [0.25, 0.3) is 0 Å². The Morgan fingerprint density at radius 3 is 2.29 bits per heavy atom. The van der Waals surface area contributed by atoms with E-state index in [1.54, 1.807) is 12.1 Å². The van der Waals surface area contributed by atoms with E-state index in [0.717, 1.165) is 5.56 Å². The fraction of sp³-hybridized carbons (Fsp3) is 0.375. The van der Waals surface area contributed by atoms with Gasteiger partial charge in [0.05, 0.1) is 6.04 Å². The molecule has 1 aromatic rings. The van der Waals surface area contributed by atoms with Gasteiger partial charge in [-0.1, -0.05) is 18.7 Å². The zero-order valence-electron chi connectivity index (χ0n) is 12.9. The number of carbonyl (C=O) groups is 2. The summed E-state index contributed by atoms with van der Waals surface area (Å²) in [4.78, 5) is 22.9. The molecule has 0 unspecified atom stereocenters. The summed E-state index contributed by atoms with van der Waals surface area (Å²) >= 11 is 0. The Bertz CT molecular complexity index is 515. The zero-order chi connectivity index (χ0) is 16.0. The van der Waals surface area contributed by atoms with Crippen LogP contribution in [0.3, 0.4) is 0 Å². The van der Waals surface area contributed by atoms with Crippen LogP contribution in [0.25, 0.3) is 0 Å². The molecule has 5 nitrogen and oxygen atoms in total. The predicted molar refractivity (Wildman–Crippen MR) is 83.1 cm³/mol. The van der Waals surface area contributed by atoms with Crippen LogP contribution in [0.1, 0.15) is 39.3 Å². The van der Waals surface area contributed by atoms with Crippen molar-refractivity contribution in [2.45, 2.75) is 39.3 Å². The van der Waals surface area contributed by atoms with Gasteiger partial charge in [-0.15, -0.1) is 0 Å². The van der Waals surface area contributed by atoms with E-state index in [1.165, 1.54) is 6.08 Å². The van der Waals surface area contributed by atoms with Gasteiger partial charge in [0.1, 0.15) is 5.60 Å². The summed E-state index contributed by atoms with van der Waals surface area (Å²) < 4.78 is 5.20. The minimum atomic E-state index is -0.525. The lowest BCUT2D eigenvalue weighted by atomic mass is 10.1. The summed E-state index contributed by atoms with van der Waals surface area (Å²) in [6, 6.07) is 7.01. The monoisotopic (exact) mass is 290 g/mol. The highest BCUT2D eigenvalue weighted by Crippen LogP contribution is 2.17. The fourth-order valence-electron chi connectivity index (χ4n) is 1.62. The van der Waals surface area contributed by atoms with Crippen molar-refractivity contribution in [3.63, 3.8) is 0 Å². The highest BCUT2D eigenvalue weighted by molar-refractivity contribution is 5.98. The lowest BCUT2D eigenvalue weighted by molar-refractivity contribution is -0.111. The van der Waals surface area contributed by atoms with Crippen molar-refractivity contribution in [1.29, 1.82) is 0 Å². The van der Waals surface area contributed by atoms with Crippen molar-refractivity contribution >= 4 is 17.7 Å². The van der Waals surface area contributed by atoms with Gasteiger partial charge in [-0.2, -0.15) is 0 Å². The van der Waals surface area contributed by atoms with Gasteiger partial charge in [-0.25, -0.2) is 4.79 Å². The number of ether oxygens (including phenoxy) is 1. The third-order valence-electron chi connectivity index (χ3n) is 2.60. The molecule has 0 bridgehead atoms. The Morgan fingerprint density at radius 2 is 1.81 bits per heavy atom. The first-order chi connectivity index (χ1) is 9.71. The molecule has 0 saturated heterocycles. The summed E-state index contributed by atoms with van der Waals surface area (Å²) in [5.74, 6) is -0.261. The molecule has 0 aliphatic rings. The number of amides is 2. The summed E-state index contributed by atoms with van der Waals surface area (Å²) in [6.07, 6.45) is 0.750. The zero-order valence-corrected chi connectivity index (χ0v) is 12.9. The Balaban J connectivity index is 2.62. The average Bonchev–Trinajstić information content (AvgIpc) is 2.36. The molecule has 0 spiro atoms. The first-order valence-electron chi connectivity index (χ1n) is 6.74. The lowest BCUT2D eigenvalue weighted by Gasteiger charge is -2.22. The molecular formula is C16H22N2O3. The third-order valence-corrected chi connectivity index (χ3v) is 2.60. The quantitative estimate of drug-likeness (QED) is 0.835. The molecule has 2 N–H and O–H groups in total. The topological polar surface area (TPSA) is 67.4 Å². The molecule has 0 aliphatic heterocycles. The van der Waals surface area contributed by atoms with Crippen LogP contribution in [-0.2, 0) is 9.53 Å². The predicted octanol–water partition coefficient (Wildman–Crippen LogP) is 3.40. The summed E-state index contributed by atoms with van der Waals surface area (Å²) in [6.45, 7) is 10.7. The van der Waals surface area contributed by atoms with E-state index in [4.69, 9.17) is 4.74 Å². The maximum atomic E-state index is 11.7. The molecule has 0 aromatic heterocycles. The molecule has 0 fully saturated rings. The van der Waals surface area contributed by atoms with Crippen molar-refractivity contribution in [2.24, 2.45) is 0 Å². The lowest BCUT2D eigenvalue weighted by Crippen LogP contribution is -2.34. The van der Waals surface area contributed by atoms with Gasteiger partial charge >= 0.3 is 6.09 Å². The van der Waals surface area contributed by atoms with Crippen LogP contribution in [0.2, 0.25) is 0 Å². The Kier molecular flexibility index (Phi) is 5.52. The number of carbonyl (C=O) groups excluding carboxylic acids is 2. The molecule has 0 radical (unpaired) electrons. The van der Waals surface area contributed by atoms with Crippen LogP contribution < -0.4 is 10.6 Å². The smallest absolute Gasteiger partial charge is 0.408 e. The highest BCUT2D eigenvalue weighted by Gasteiger charge is 2.18. The maximum absolute atomic E-state index is 11.7. The molecule has 0 heterocycles. The molecule has 5 heteroatoms. The standard InChI is InChI=1S/C16H22N2O3/c1-6-14(19)18-13-9-7-12(8-10-13)11(2)17-15(20)21-16(3,4)5/h6-11H,1H2,2-5H3,(H,17,20)(H,18,19)/t11-/m0/s1. The van der Waals surface area contributed by atoms with Crippen LogP contribution in [-0.4, -0.2) is 17.6 Å².